The summed E-state index contributed by atoms with van der Waals surface area (Å²) >= 11 is 3.70. The first kappa shape index (κ1) is 29.0. The number of benzene rings is 7. The van der Waals surface area contributed by atoms with E-state index in [1.165, 1.54) is 51.5 Å². The normalized spacial score (nSPS) is 16.4. The van der Waals surface area contributed by atoms with Gasteiger partial charge in [-0.3, -0.25) is 5.32 Å². The third kappa shape index (κ3) is 4.65. The lowest BCUT2D eigenvalue weighted by atomic mass is 9.97. The monoisotopic (exact) mass is 691 g/mol. The third-order valence-electron chi connectivity index (χ3n) is 10.2. The Bertz CT molecular complexity index is 3010. The van der Waals surface area contributed by atoms with Crippen LogP contribution in [0.1, 0.15) is 29.0 Å². The number of rotatable bonds is 4. The minimum atomic E-state index is -0.241. The molecule has 1 aliphatic heterocycles. The summed E-state index contributed by atoms with van der Waals surface area (Å²) in [7, 11) is 0. The Labute approximate surface area is 301 Å². The number of hydrogen-bond acceptors (Lipinski definition) is 6. The molecule has 0 saturated carbocycles. The maximum Gasteiger partial charge on any atom is 0.136 e. The van der Waals surface area contributed by atoms with E-state index in [2.05, 4.69) is 156 Å². The number of nitrogens with one attached hydrogen (secondary N) is 2. The van der Waals surface area contributed by atoms with E-state index < -0.39 is 0 Å². The van der Waals surface area contributed by atoms with Gasteiger partial charge in [0.05, 0.1) is 0 Å². The van der Waals surface area contributed by atoms with Crippen LogP contribution in [0.2, 0.25) is 0 Å². The first-order chi connectivity index (χ1) is 25.2. The van der Waals surface area contributed by atoms with E-state index in [1.807, 2.05) is 28.7 Å². The predicted octanol–water partition coefficient (Wildman–Crippen LogP) is 12.3. The smallest absolute Gasteiger partial charge is 0.136 e. The summed E-state index contributed by atoms with van der Waals surface area (Å²) in [5, 5.41) is 15.0. The first-order valence-electron chi connectivity index (χ1n) is 17.2. The summed E-state index contributed by atoms with van der Waals surface area (Å²) in [4.78, 5) is 5.23. The molecule has 0 fully saturated rings. The highest BCUT2D eigenvalue weighted by Gasteiger charge is 2.27. The Balaban J connectivity index is 1.02. The fourth-order valence-electron chi connectivity index (χ4n) is 7.76. The van der Waals surface area contributed by atoms with Gasteiger partial charge in [0.25, 0.3) is 0 Å². The number of nitrogens with zero attached hydrogens (tertiary/aromatic N) is 1. The quantitative estimate of drug-likeness (QED) is 0.193. The number of amidine groups is 1. The standard InChI is InChI=1S/C45H29N3OS2/c1-2-10-26(11-3-1)43-46-44(27-21-23-40-35(24-27)30-13-5-6-18-38(30)50-40)48-45(47-43)28-20-22-34-37(25-28)49-36-17-9-14-31(41(34)36)33-16-8-15-32-29-12-4-7-19-39(29)51-42(32)33/h1-25,44-45,48H,(H,46,47). The van der Waals surface area contributed by atoms with Gasteiger partial charge in [0.15, 0.2) is 0 Å². The lowest BCUT2D eigenvalue weighted by Gasteiger charge is -2.32. The van der Waals surface area contributed by atoms with E-state index in [4.69, 9.17) is 9.41 Å². The van der Waals surface area contributed by atoms with Gasteiger partial charge in [-0.15, -0.1) is 22.7 Å². The third-order valence-corrected chi connectivity index (χ3v) is 12.5. The van der Waals surface area contributed by atoms with Crippen molar-refractivity contribution in [2.75, 3.05) is 0 Å². The molecule has 0 spiro atoms. The second-order valence-electron chi connectivity index (χ2n) is 13.2. The van der Waals surface area contributed by atoms with Crippen LogP contribution in [0.5, 0.6) is 0 Å². The van der Waals surface area contributed by atoms with Crippen LogP contribution in [0.15, 0.2) is 161 Å². The highest BCUT2D eigenvalue weighted by molar-refractivity contribution is 7.26. The van der Waals surface area contributed by atoms with Gasteiger partial charge in [-0.25, -0.2) is 4.99 Å². The molecule has 2 atom stereocenters. The molecule has 0 saturated heterocycles. The average Bonchev–Trinajstić information content (AvgIpc) is 3.88. The van der Waals surface area contributed by atoms with Gasteiger partial charge in [-0.2, -0.15) is 0 Å². The highest BCUT2D eigenvalue weighted by atomic mass is 32.1. The number of thiophene rings is 2. The molecule has 0 aliphatic carbocycles. The predicted molar refractivity (Wildman–Crippen MR) is 216 cm³/mol. The van der Waals surface area contributed by atoms with E-state index in [0.717, 1.165) is 44.5 Å². The zero-order valence-corrected chi connectivity index (χ0v) is 28.9. The Morgan fingerprint density at radius 3 is 2.10 bits per heavy atom. The summed E-state index contributed by atoms with van der Waals surface area (Å²) in [5.41, 5.74) is 7.47. The van der Waals surface area contributed by atoms with Crippen molar-refractivity contribution in [1.82, 2.24) is 10.6 Å². The SMILES string of the molecule is c1ccc(C2=NC(c3ccc4sc5ccccc5c4c3)NC(c3ccc4c(c3)oc3cccc(-c5cccc6c5sc5ccccc56)c34)N2)cc1. The number of aliphatic imine (C=N–C) groups is 1. The van der Waals surface area contributed by atoms with Crippen LogP contribution in [0, 0.1) is 0 Å². The van der Waals surface area contributed by atoms with Crippen molar-refractivity contribution in [2.24, 2.45) is 4.99 Å². The molecule has 1 aliphatic rings. The van der Waals surface area contributed by atoms with Crippen LogP contribution in [0.3, 0.4) is 0 Å². The van der Waals surface area contributed by atoms with E-state index in [1.54, 1.807) is 0 Å². The molecule has 0 bridgehead atoms. The average molecular weight is 692 g/mol. The summed E-state index contributed by atoms with van der Waals surface area (Å²) in [6.07, 6.45) is -0.434. The Morgan fingerprint density at radius 1 is 0.510 bits per heavy atom. The number of hydrogen-bond donors (Lipinski definition) is 2. The lowest BCUT2D eigenvalue weighted by molar-refractivity contribution is 0.409. The van der Waals surface area contributed by atoms with E-state index in [-0.39, 0.29) is 12.3 Å². The molecule has 11 rings (SSSR count). The minimum Gasteiger partial charge on any atom is -0.456 e. The highest BCUT2D eigenvalue weighted by Crippen LogP contribution is 2.44. The van der Waals surface area contributed by atoms with Crippen molar-refractivity contribution in [1.29, 1.82) is 0 Å². The van der Waals surface area contributed by atoms with Gasteiger partial charge >= 0.3 is 0 Å². The molecule has 2 N–H and O–H groups in total. The molecule has 4 heterocycles. The van der Waals surface area contributed by atoms with Crippen LogP contribution in [-0.4, -0.2) is 5.84 Å². The maximum atomic E-state index is 6.64. The Kier molecular flexibility index (Phi) is 6.46. The maximum absolute atomic E-state index is 6.64. The zero-order chi connectivity index (χ0) is 33.5. The largest absolute Gasteiger partial charge is 0.456 e. The summed E-state index contributed by atoms with van der Waals surface area (Å²) < 4.78 is 11.8. The van der Waals surface area contributed by atoms with Gasteiger partial charge in [-0.05, 0) is 53.1 Å². The summed E-state index contributed by atoms with van der Waals surface area (Å²) in [6, 6.07) is 54.2. The van der Waals surface area contributed by atoms with E-state index >= 15 is 0 Å². The molecular weight excluding hydrogens is 663 g/mol. The van der Waals surface area contributed by atoms with Crippen molar-refractivity contribution >= 4 is 90.8 Å². The fraction of sp³-hybridized carbons (Fsp3) is 0.0444. The van der Waals surface area contributed by atoms with Crippen molar-refractivity contribution < 1.29 is 4.42 Å². The Morgan fingerprint density at radius 2 is 1.22 bits per heavy atom. The van der Waals surface area contributed by atoms with Crippen molar-refractivity contribution in [3.63, 3.8) is 0 Å². The van der Waals surface area contributed by atoms with Crippen LogP contribution < -0.4 is 10.6 Å². The molecule has 242 valence electrons. The Hall–Kier alpha value is -5.79. The molecule has 4 nitrogen and oxygen atoms in total. The van der Waals surface area contributed by atoms with E-state index in [9.17, 15) is 0 Å². The fourth-order valence-corrected chi connectivity index (χ4v) is 10.1. The van der Waals surface area contributed by atoms with Crippen molar-refractivity contribution in [3.05, 3.63) is 168 Å². The van der Waals surface area contributed by atoms with Crippen LogP contribution in [-0.2, 0) is 0 Å². The number of fused-ring (bicyclic) bond motifs is 9. The zero-order valence-electron chi connectivity index (χ0n) is 27.3. The van der Waals surface area contributed by atoms with Crippen LogP contribution >= 0.6 is 22.7 Å². The minimum absolute atomic E-state index is 0.193. The molecule has 0 radical (unpaired) electrons. The topological polar surface area (TPSA) is 49.6 Å². The second-order valence-corrected chi connectivity index (χ2v) is 15.3. The molecule has 7 aromatic carbocycles. The van der Waals surface area contributed by atoms with Crippen molar-refractivity contribution in [2.45, 2.75) is 12.3 Å². The van der Waals surface area contributed by atoms with Crippen LogP contribution in [0.4, 0.5) is 0 Å². The summed E-state index contributed by atoms with van der Waals surface area (Å²) in [6.45, 7) is 0. The summed E-state index contributed by atoms with van der Waals surface area (Å²) in [5.74, 6) is 0.864. The molecule has 3 aromatic heterocycles. The second kappa shape index (κ2) is 11.4. The van der Waals surface area contributed by atoms with Crippen LogP contribution in [0.25, 0.3) is 73.4 Å². The molecule has 0 amide bonds. The van der Waals surface area contributed by atoms with Gasteiger partial charge in [-0.1, -0.05) is 115 Å². The van der Waals surface area contributed by atoms with Crippen molar-refractivity contribution in [3.8, 4) is 11.1 Å². The molecule has 2 unspecified atom stereocenters. The van der Waals surface area contributed by atoms with Gasteiger partial charge in [0.2, 0.25) is 0 Å². The van der Waals surface area contributed by atoms with Gasteiger partial charge in [0.1, 0.15) is 29.3 Å². The molecule has 6 heteroatoms. The lowest BCUT2D eigenvalue weighted by Crippen LogP contribution is -2.44. The van der Waals surface area contributed by atoms with Gasteiger partial charge < -0.3 is 9.73 Å². The molecule has 51 heavy (non-hydrogen) atoms. The first-order valence-corrected chi connectivity index (χ1v) is 18.8. The van der Waals surface area contributed by atoms with E-state index in [0.29, 0.717) is 0 Å². The van der Waals surface area contributed by atoms with Gasteiger partial charge in [0, 0.05) is 62.2 Å². The molecule has 10 aromatic rings. The number of furan rings is 1. The molecular formula is C45H29N3OS2.